The summed E-state index contributed by atoms with van der Waals surface area (Å²) in [6.45, 7) is 9.46. The Morgan fingerprint density at radius 1 is 1.14 bits per heavy atom. The van der Waals surface area contributed by atoms with Crippen molar-refractivity contribution >= 4 is 28.9 Å². The molecule has 0 bridgehead atoms. The maximum absolute atomic E-state index is 12.9. The lowest BCUT2D eigenvalue weighted by Crippen LogP contribution is -2.48. The second kappa shape index (κ2) is 11.0. The first-order valence-electron chi connectivity index (χ1n) is 10.9. The lowest BCUT2D eigenvalue weighted by Gasteiger charge is -2.35. The van der Waals surface area contributed by atoms with Crippen molar-refractivity contribution < 1.29 is 22.8 Å². The molecule has 0 aliphatic carbocycles. The molecular weight excluding hydrogens is 461 g/mol. The van der Waals surface area contributed by atoms with Gasteiger partial charge in [0.2, 0.25) is 11.8 Å². The number of hydrogen-bond donors (Lipinski definition) is 1. The van der Waals surface area contributed by atoms with E-state index in [1.807, 2.05) is 6.07 Å². The largest absolute Gasteiger partial charge is 0.433 e. The molecule has 0 radical (unpaired) electrons. The normalized spacial score (nSPS) is 14.5. The van der Waals surface area contributed by atoms with Gasteiger partial charge in [-0.3, -0.25) is 14.6 Å². The minimum Gasteiger partial charge on any atom is -0.367 e. The SMILES string of the molecule is C=CN(/C=C(\C)c1ccnc(C(F)(F)F)c1)CC(=O)Nc1ccc(N2CCN(C(C)=O)CC2)cn1. The van der Waals surface area contributed by atoms with Crippen LogP contribution in [-0.2, 0) is 15.8 Å². The van der Waals surface area contributed by atoms with Crippen LogP contribution in [0.1, 0.15) is 25.1 Å². The summed E-state index contributed by atoms with van der Waals surface area (Å²) >= 11 is 0. The van der Waals surface area contributed by atoms with Crippen molar-refractivity contribution in [3.63, 3.8) is 0 Å². The fraction of sp³-hybridized carbons (Fsp3) is 0.333. The molecule has 1 aliphatic rings. The Balaban J connectivity index is 1.58. The number of carbonyl (C=O) groups is 2. The van der Waals surface area contributed by atoms with E-state index in [9.17, 15) is 22.8 Å². The predicted octanol–water partition coefficient (Wildman–Crippen LogP) is 3.61. The van der Waals surface area contributed by atoms with Crippen molar-refractivity contribution in [1.82, 2.24) is 19.8 Å². The fourth-order valence-electron chi connectivity index (χ4n) is 3.59. The van der Waals surface area contributed by atoms with Crippen molar-refractivity contribution in [3.05, 3.63) is 66.9 Å². The molecule has 2 amide bonds. The van der Waals surface area contributed by atoms with Crippen molar-refractivity contribution in [3.8, 4) is 0 Å². The van der Waals surface area contributed by atoms with Gasteiger partial charge in [0, 0.05) is 45.5 Å². The van der Waals surface area contributed by atoms with Crippen LogP contribution in [0.4, 0.5) is 24.7 Å². The van der Waals surface area contributed by atoms with Crippen LogP contribution in [0.3, 0.4) is 0 Å². The summed E-state index contributed by atoms with van der Waals surface area (Å²) in [5, 5.41) is 2.70. The highest BCUT2D eigenvalue weighted by molar-refractivity contribution is 5.91. The molecule has 0 saturated carbocycles. The number of hydrogen-bond acceptors (Lipinski definition) is 6. The van der Waals surface area contributed by atoms with Gasteiger partial charge in [-0.2, -0.15) is 13.2 Å². The molecule has 1 aliphatic heterocycles. The predicted molar refractivity (Wildman–Crippen MR) is 127 cm³/mol. The summed E-state index contributed by atoms with van der Waals surface area (Å²) in [6.07, 6.45) is 1.17. The van der Waals surface area contributed by atoms with E-state index in [1.54, 1.807) is 37.2 Å². The van der Waals surface area contributed by atoms with Crippen molar-refractivity contribution in [2.45, 2.75) is 20.0 Å². The zero-order valence-electron chi connectivity index (χ0n) is 19.5. The molecule has 35 heavy (non-hydrogen) atoms. The molecular formula is C24H27F3N6O2. The van der Waals surface area contributed by atoms with Gasteiger partial charge in [-0.25, -0.2) is 4.98 Å². The Morgan fingerprint density at radius 2 is 1.86 bits per heavy atom. The van der Waals surface area contributed by atoms with E-state index in [0.717, 1.165) is 18.0 Å². The minimum absolute atomic E-state index is 0.0614. The number of halogens is 3. The summed E-state index contributed by atoms with van der Waals surface area (Å²) in [7, 11) is 0. The zero-order chi connectivity index (χ0) is 25.6. The number of amides is 2. The van der Waals surface area contributed by atoms with Crippen LogP contribution in [0.5, 0.6) is 0 Å². The van der Waals surface area contributed by atoms with Crippen molar-refractivity contribution in [2.24, 2.45) is 0 Å². The average Bonchev–Trinajstić information content (AvgIpc) is 2.83. The number of carbonyl (C=O) groups excluding carboxylic acids is 2. The van der Waals surface area contributed by atoms with E-state index < -0.39 is 11.9 Å². The summed E-state index contributed by atoms with van der Waals surface area (Å²) < 4.78 is 38.8. The fourth-order valence-corrected chi connectivity index (χ4v) is 3.59. The van der Waals surface area contributed by atoms with E-state index in [2.05, 4.69) is 26.8 Å². The van der Waals surface area contributed by atoms with Gasteiger partial charge in [0.15, 0.2) is 0 Å². The average molecular weight is 489 g/mol. The lowest BCUT2D eigenvalue weighted by atomic mass is 10.1. The topological polar surface area (TPSA) is 81.7 Å². The molecule has 2 aromatic heterocycles. The van der Waals surface area contributed by atoms with Crippen LogP contribution in [0.15, 0.2) is 55.6 Å². The molecule has 1 fully saturated rings. The molecule has 0 atom stereocenters. The van der Waals surface area contributed by atoms with Gasteiger partial charge in [-0.15, -0.1) is 0 Å². The van der Waals surface area contributed by atoms with E-state index in [-0.39, 0.29) is 18.4 Å². The zero-order valence-corrected chi connectivity index (χ0v) is 19.5. The van der Waals surface area contributed by atoms with Gasteiger partial charge in [0.25, 0.3) is 0 Å². The highest BCUT2D eigenvalue weighted by Crippen LogP contribution is 2.29. The molecule has 1 saturated heterocycles. The van der Waals surface area contributed by atoms with E-state index in [4.69, 9.17) is 0 Å². The Hall–Kier alpha value is -3.89. The first-order valence-corrected chi connectivity index (χ1v) is 10.9. The number of allylic oxidation sites excluding steroid dienone is 1. The van der Waals surface area contributed by atoms with Crippen molar-refractivity contribution in [1.29, 1.82) is 0 Å². The Labute approximate surface area is 201 Å². The third kappa shape index (κ3) is 7.05. The van der Waals surface area contributed by atoms with Crippen LogP contribution < -0.4 is 10.2 Å². The monoisotopic (exact) mass is 488 g/mol. The molecule has 1 N–H and O–H groups in total. The van der Waals surface area contributed by atoms with Crippen LogP contribution in [-0.4, -0.2) is 64.3 Å². The molecule has 0 unspecified atom stereocenters. The lowest BCUT2D eigenvalue weighted by molar-refractivity contribution is -0.141. The van der Waals surface area contributed by atoms with Gasteiger partial charge in [-0.05, 0) is 48.5 Å². The third-order valence-corrected chi connectivity index (χ3v) is 5.53. The number of pyridine rings is 2. The van der Waals surface area contributed by atoms with E-state index in [1.165, 1.54) is 17.2 Å². The Morgan fingerprint density at radius 3 is 2.43 bits per heavy atom. The second-order valence-electron chi connectivity index (χ2n) is 8.04. The number of nitrogens with one attached hydrogen (secondary N) is 1. The molecule has 2 aromatic rings. The number of rotatable bonds is 7. The molecule has 186 valence electrons. The maximum atomic E-state index is 12.9. The number of aromatic nitrogens is 2. The second-order valence-corrected chi connectivity index (χ2v) is 8.04. The Kier molecular flexibility index (Phi) is 8.10. The highest BCUT2D eigenvalue weighted by Gasteiger charge is 2.32. The van der Waals surface area contributed by atoms with Crippen LogP contribution in [0.25, 0.3) is 5.57 Å². The summed E-state index contributed by atoms with van der Waals surface area (Å²) in [5.74, 6) is 0.0658. The molecule has 3 heterocycles. The van der Waals surface area contributed by atoms with Gasteiger partial charge < -0.3 is 20.0 Å². The quantitative estimate of drug-likeness (QED) is 0.642. The Bertz CT molecular complexity index is 1090. The third-order valence-electron chi connectivity index (χ3n) is 5.53. The van der Waals surface area contributed by atoms with Gasteiger partial charge >= 0.3 is 6.18 Å². The standard InChI is InChI=1S/C24H27F3N6O2/c1-4-31(15-17(2)19-7-8-28-21(13-19)24(25,26)27)16-23(35)30-22-6-5-20(14-29-22)33-11-9-32(10-12-33)18(3)34/h4-8,13-15H,1,9-12,16H2,2-3H3,(H,29,30,35)/b17-15+. The summed E-state index contributed by atoms with van der Waals surface area (Å²) in [6, 6.07) is 5.97. The molecule has 8 nitrogen and oxygen atoms in total. The van der Waals surface area contributed by atoms with Crippen LogP contribution in [0, 0.1) is 0 Å². The van der Waals surface area contributed by atoms with E-state index >= 15 is 0 Å². The maximum Gasteiger partial charge on any atom is 0.433 e. The molecule has 0 spiro atoms. The number of piperazine rings is 1. The van der Waals surface area contributed by atoms with Gasteiger partial charge in [0.05, 0.1) is 11.9 Å². The summed E-state index contributed by atoms with van der Waals surface area (Å²) in [4.78, 5) is 37.0. The first-order chi connectivity index (χ1) is 16.6. The molecule has 3 rings (SSSR count). The first kappa shape index (κ1) is 25.7. The van der Waals surface area contributed by atoms with Crippen LogP contribution in [0.2, 0.25) is 0 Å². The molecule has 11 heteroatoms. The number of anilines is 2. The van der Waals surface area contributed by atoms with Crippen LogP contribution >= 0.6 is 0 Å². The minimum atomic E-state index is -4.54. The molecule has 0 aromatic carbocycles. The number of alkyl halides is 3. The van der Waals surface area contributed by atoms with Gasteiger partial charge in [0.1, 0.15) is 18.1 Å². The van der Waals surface area contributed by atoms with Gasteiger partial charge in [-0.1, -0.05) is 6.58 Å². The smallest absolute Gasteiger partial charge is 0.367 e. The number of nitrogens with zero attached hydrogens (tertiary/aromatic N) is 5. The van der Waals surface area contributed by atoms with E-state index in [0.29, 0.717) is 43.1 Å². The van der Waals surface area contributed by atoms with Crippen molar-refractivity contribution in [2.75, 3.05) is 42.9 Å². The highest BCUT2D eigenvalue weighted by atomic mass is 19.4. The summed E-state index contributed by atoms with van der Waals surface area (Å²) in [5.41, 5.74) is 0.757.